The normalized spacial score (nSPS) is 12.5. The predicted molar refractivity (Wildman–Crippen MR) is 59.7 cm³/mol. The topological polar surface area (TPSA) is 12.9 Å². The number of hydrogen-bond acceptors (Lipinski definition) is 1. The van der Waals surface area contributed by atoms with E-state index in [1.54, 1.807) is 0 Å². The Morgan fingerprint density at radius 1 is 0.800 bits per heavy atom. The number of hydrogen-bond donors (Lipinski definition) is 0. The maximum atomic E-state index is 12.9. The van der Waals surface area contributed by atoms with Crippen LogP contribution in [-0.4, -0.2) is 4.98 Å². The van der Waals surface area contributed by atoms with Gasteiger partial charge in [0.25, 0.3) is 0 Å². The number of aromatic nitrogens is 1. The number of rotatable bonds is 1. The van der Waals surface area contributed by atoms with Gasteiger partial charge in [-0.2, -0.15) is 26.3 Å². The SMILES string of the molecule is FC(F)(F)c1ccc(C(F)(F)F)c(-c2ccccn2)c1. The average molecular weight is 291 g/mol. The van der Waals surface area contributed by atoms with Crippen LogP contribution in [0.3, 0.4) is 0 Å². The first kappa shape index (κ1) is 14.4. The minimum Gasteiger partial charge on any atom is -0.256 e. The van der Waals surface area contributed by atoms with Crippen LogP contribution in [0.4, 0.5) is 26.3 Å². The molecule has 0 radical (unpaired) electrons. The van der Waals surface area contributed by atoms with Gasteiger partial charge in [0, 0.05) is 11.8 Å². The lowest BCUT2D eigenvalue weighted by molar-refractivity contribution is -0.141. The molecule has 1 aromatic heterocycles. The van der Waals surface area contributed by atoms with Gasteiger partial charge in [-0.15, -0.1) is 0 Å². The molecule has 0 spiro atoms. The van der Waals surface area contributed by atoms with Gasteiger partial charge < -0.3 is 0 Å². The third-order valence-electron chi connectivity index (χ3n) is 2.59. The Balaban J connectivity index is 2.67. The summed E-state index contributed by atoms with van der Waals surface area (Å²) in [4.78, 5) is 3.68. The van der Waals surface area contributed by atoms with Crippen molar-refractivity contribution in [3.63, 3.8) is 0 Å². The molecule has 0 aliphatic carbocycles. The van der Waals surface area contributed by atoms with E-state index in [1.807, 2.05) is 0 Å². The Morgan fingerprint density at radius 3 is 2.00 bits per heavy atom. The molecule has 20 heavy (non-hydrogen) atoms. The quantitative estimate of drug-likeness (QED) is 0.689. The molecule has 2 aromatic rings. The standard InChI is InChI=1S/C13H7F6N/c14-12(15,16)8-4-5-10(13(17,18)19)9(7-8)11-3-1-2-6-20-11/h1-7H. The van der Waals surface area contributed by atoms with Crippen molar-refractivity contribution in [1.29, 1.82) is 0 Å². The average Bonchev–Trinajstić information content (AvgIpc) is 2.37. The van der Waals surface area contributed by atoms with Gasteiger partial charge in [-0.25, -0.2) is 0 Å². The zero-order chi connectivity index (χ0) is 15.0. The summed E-state index contributed by atoms with van der Waals surface area (Å²) in [5.74, 6) is 0. The van der Waals surface area contributed by atoms with Crippen LogP contribution in [0.25, 0.3) is 11.3 Å². The molecule has 0 fully saturated rings. The number of pyridine rings is 1. The minimum atomic E-state index is -4.75. The van der Waals surface area contributed by atoms with E-state index in [0.29, 0.717) is 18.2 Å². The second-order valence-corrected chi connectivity index (χ2v) is 3.97. The van der Waals surface area contributed by atoms with Crippen LogP contribution in [0.15, 0.2) is 42.6 Å². The molecule has 2 rings (SSSR count). The van der Waals surface area contributed by atoms with Crippen LogP contribution in [0.5, 0.6) is 0 Å². The minimum absolute atomic E-state index is 0.161. The van der Waals surface area contributed by atoms with Crippen LogP contribution in [0, 0.1) is 0 Å². The van der Waals surface area contributed by atoms with Gasteiger partial charge in [-0.1, -0.05) is 6.07 Å². The molecule has 0 unspecified atom stereocenters. The zero-order valence-corrected chi connectivity index (χ0v) is 9.76. The van der Waals surface area contributed by atoms with Crippen molar-refractivity contribution in [2.45, 2.75) is 12.4 Å². The fraction of sp³-hybridized carbons (Fsp3) is 0.154. The maximum Gasteiger partial charge on any atom is 0.417 e. The molecule has 106 valence electrons. The fourth-order valence-corrected chi connectivity index (χ4v) is 1.70. The Hall–Kier alpha value is -2.05. The molecule has 0 amide bonds. The molecule has 0 atom stereocenters. The maximum absolute atomic E-state index is 12.9. The molecule has 1 nitrogen and oxygen atoms in total. The number of benzene rings is 1. The van der Waals surface area contributed by atoms with Gasteiger partial charge in [0.05, 0.1) is 16.8 Å². The summed E-state index contributed by atoms with van der Waals surface area (Å²) in [6.45, 7) is 0. The summed E-state index contributed by atoms with van der Waals surface area (Å²) in [6, 6.07) is 5.39. The molecule has 7 heteroatoms. The molecule has 1 heterocycles. The number of nitrogens with zero attached hydrogens (tertiary/aromatic N) is 1. The van der Waals surface area contributed by atoms with Gasteiger partial charge in [0.1, 0.15) is 0 Å². The van der Waals surface area contributed by atoms with Gasteiger partial charge >= 0.3 is 12.4 Å². The molecule has 0 aliphatic heterocycles. The van der Waals surface area contributed by atoms with Crippen molar-refractivity contribution in [3.8, 4) is 11.3 Å². The highest BCUT2D eigenvalue weighted by Crippen LogP contribution is 2.39. The van der Waals surface area contributed by atoms with Gasteiger partial charge in [0.15, 0.2) is 0 Å². The summed E-state index contributed by atoms with van der Waals surface area (Å²) < 4.78 is 76.4. The van der Waals surface area contributed by atoms with Crippen molar-refractivity contribution in [2.75, 3.05) is 0 Å². The second-order valence-electron chi connectivity index (χ2n) is 3.97. The van der Waals surface area contributed by atoms with Crippen molar-refractivity contribution in [3.05, 3.63) is 53.7 Å². The van der Waals surface area contributed by atoms with Crippen molar-refractivity contribution in [1.82, 2.24) is 4.98 Å². The van der Waals surface area contributed by atoms with Gasteiger partial charge in [-0.3, -0.25) is 4.98 Å². The first-order valence-electron chi connectivity index (χ1n) is 5.39. The Labute approximate surface area is 109 Å². The molecule has 1 aromatic carbocycles. The summed E-state index contributed by atoms with van der Waals surface area (Å²) in [7, 11) is 0. The number of alkyl halides is 6. The molecule has 0 aliphatic rings. The molecular weight excluding hydrogens is 284 g/mol. The van der Waals surface area contributed by atoms with E-state index in [2.05, 4.69) is 4.98 Å². The van der Waals surface area contributed by atoms with E-state index in [4.69, 9.17) is 0 Å². The van der Waals surface area contributed by atoms with Crippen LogP contribution >= 0.6 is 0 Å². The van der Waals surface area contributed by atoms with E-state index in [-0.39, 0.29) is 5.69 Å². The summed E-state index contributed by atoms with van der Waals surface area (Å²) in [5.41, 5.74) is -3.05. The largest absolute Gasteiger partial charge is 0.417 e. The van der Waals surface area contributed by atoms with E-state index < -0.39 is 29.0 Å². The Morgan fingerprint density at radius 2 is 1.50 bits per heavy atom. The predicted octanol–water partition coefficient (Wildman–Crippen LogP) is 4.79. The highest BCUT2D eigenvalue weighted by Gasteiger charge is 2.37. The molecular formula is C13H7F6N. The monoisotopic (exact) mass is 291 g/mol. The molecule has 0 bridgehead atoms. The Bertz CT molecular complexity index is 600. The van der Waals surface area contributed by atoms with E-state index in [1.165, 1.54) is 24.4 Å². The van der Waals surface area contributed by atoms with Crippen LogP contribution in [0.2, 0.25) is 0 Å². The van der Waals surface area contributed by atoms with E-state index in [0.717, 1.165) is 0 Å². The second kappa shape index (κ2) is 4.81. The van der Waals surface area contributed by atoms with E-state index >= 15 is 0 Å². The van der Waals surface area contributed by atoms with Crippen molar-refractivity contribution in [2.24, 2.45) is 0 Å². The van der Waals surface area contributed by atoms with Crippen LogP contribution < -0.4 is 0 Å². The van der Waals surface area contributed by atoms with Crippen molar-refractivity contribution >= 4 is 0 Å². The smallest absolute Gasteiger partial charge is 0.256 e. The molecule has 0 saturated heterocycles. The molecule has 0 saturated carbocycles. The summed E-state index contributed by atoms with van der Waals surface area (Å²) in [5, 5.41) is 0. The lowest BCUT2D eigenvalue weighted by Crippen LogP contribution is -2.11. The van der Waals surface area contributed by atoms with Gasteiger partial charge in [0.2, 0.25) is 0 Å². The summed E-state index contributed by atoms with van der Waals surface area (Å²) in [6.07, 6.45) is -8.25. The first-order chi connectivity index (χ1) is 9.19. The van der Waals surface area contributed by atoms with Crippen LogP contribution in [0.1, 0.15) is 11.1 Å². The third-order valence-corrected chi connectivity index (χ3v) is 2.59. The van der Waals surface area contributed by atoms with Crippen LogP contribution in [-0.2, 0) is 12.4 Å². The number of halogens is 6. The summed E-state index contributed by atoms with van der Waals surface area (Å²) >= 11 is 0. The van der Waals surface area contributed by atoms with E-state index in [9.17, 15) is 26.3 Å². The highest BCUT2D eigenvalue weighted by molar-refractivity contribution is 5.65. The lowest BCUT2D eigenvalue weighted by atomic mass is 10.00. The molecule has 0 N–H and O–H groups in total. The Kier molecular flexibility index (Phi) is 3.45. The lowest BCUT2D eigenvalue weighted by Gasteiger charge is -2.15. The third kappa shape index (κ3) is 2.92. The first-order valence-corrected chi connectivity index (χ1v) is 5.39. The highest BCUT2D eigenvalue weighted by atomic mass is 19.4. The fourth-order valence-electron chi connectivity index (χ4n) is 1.70. The van der Waals surface area contributed by atoms with Gasteiger partial charge in [-0.05, 0) is 30.3 Å². The van der Waals surface area contributed by atoms with Crippen molar-refractivity contribution < 1.29 is 26.3 Å². The zero-order valence-electron chi connectivity index (χ0n) is 9.76.